The fraction of sp³-hybridized carbons (Fsp3) is 0.286. The lowest BCUT2D eigenvalue weighted by Gasteiger charge is -2.14. The highest BCUT2D eigenvalue weighted by Crippen LogP contribution is 2.35. The van der Waals surface area contributed by atoms with Crippen LogP contribution in [0.15, 0.2) is 29.2 Å². The second-order valence-electron chi connectivity index (χ2n) is 6.85. The fourth-order valence-electron chi connectivity index (χ4n) is 3.38. The highest BCUT2D eigenvalue weighted by atomic mass is 32.2. The van der Waals surface area contributed by atoms with Crippen molar-refractivity contribution in [2.45, 2.75) is 20.8 Å². The fourth-order valence-corrected chi connectivity index (χ4v) is 4.21. The number of rotatable bonds is 7. The van der Waals surface area contributed by atoms with E-state index >= 15 is 0 Å². The van der Waals surface area contributed by atoms with Crippen LogP contribution in [0.3, 0.4) is 0 Å². The molecule has 0 N–H and O–H groups in total. The van der Waals surface area contributed by atoms with E-state index < -0.39 is 28.6 Å². The molecular formula is C21H21N3O7S. The number of amides is 2. The molecule has 10 nitrogen and oxygen atoms in total. The summed E-state index contributed by atoms with van der Waals surface area (Å²) in [7, 11) is 1.43. The zero-order valence-electron chi connectivity index (χ0n) is 17.9. The Morgan fingerprint density at radius 3 is 2.59 bits per heavy atom. The Morgan fingerprint density at radius 1 is 1.25 bits per heavy atom. The van der Waals surface area contributed by atoms with E-state index in [1.165, 1.54) is 19.2 Å². The number of hydrogen-bond donors (Lipinski definition) is 0. The number of carbonyl (C=O) groups is 3. The molecule has 11 heteroatoms. The van der Waals surface area contributed by atoms with Crippen LogP contribution in [0.5, 0.6) is 5.75 Å². The summed E-state index contributed by atoms with van der Waals surface area (Å²) in [6, 6.07) is 6.15. The van der Waals surface area contributed by atoms with Crippen LogP contribution in [0, 0.1) is 24.0 Å². The first-order valence-corrected chi connectivity index (χ1v) is 10.4. The number of aromatic nitrogens is 1. The molecule has 1 aliphatic rings. The van der Waals surface area contributed by atoms with Gasteiger partial charge in [-0.1, -0.05) is 0 Å². The van der Waals surface area contributed by atoms with E-state index in [1.54, 1.807) is 19.1 Å². The second kappa shape index (κ2) is 9.27. The summed E-state index contributed by atoms with van der Waals surface area (Å²) >= 11 is 0.751. The zero-order valence-corrected chi connectivity index (χ0v) is 18.7. The average molecular weight is 459 g/mol. The maximum absolute atomic E-state index is 12.7. The standard InChI is InChI=1S/C21H21N3O7S/c1-5-31-19(25)11-22-20(26)18(32-21(22)27)9-14-8-12(2)23(13(14)3)16-7-6-15(24(28)29)10-17(16)30-4/h6-10H,5,11H2,1-4H3/b18-9+. The van der Waals surface area contributed by atoms with Crippen molar-refractivity contribution >= 4 is 40.6 Å². The monoisotopic (exact) mass is 459 g/mol. The molecule has 1 saturated heterocycles. The third-order valence-electron chi connectivity index (χ3n) is 4.84. The summed E-state index contributed by atoms with van der Waals surface area (Å²) in [5, 5.41) is 10.5. The number of aryl methyl sites for hydroxylation is 1. The number of carbonyl (C=O) groups excluding carboxylic acids is 3. The number of nitrogens with zero attached hydrogens (tertiary/aromatic N) is 3. The van der Waals surface area contributed by atoms with Crippen LogP contribution in [-0.4, -0.2) is 51.8 Å². The van der Waals surface area contributed by atoms with Gasteiger partial charge in [0.2, 0.25) is 0 Å². The van der Waals surface area contributed by atoms with Gasteiger partial charge in [0.15, 0.2) is 0 Å². The van der Waals surface area contributed by atoms with E-state index in [2.05, 4.69) is 0 Å². The largest absolute Gasteiger partial charge is 0.494 e. The minimum Gasteiger partial charge on any atom is -0.494 e. The number of benzene rings is 1. The molecule has 0 atom stereocenters. The normalized spacial score (nSPS) is 14.9. The van der Waals surface area contributed by atoms with Gasteiger partial charge in [-0.05, 0) is 56.3 Å². The van der Waals surface area contributed by atoms with Crippen molar-refractivity contribution in [3.8, 4) is 11.4 Å². The van der Waals surface area contributed by atoms with Gasteiger partial charge in [0, 0.05) is 17.5 Å². The summed E-state index contributed by atoms with van der Waals surface area (Å²) in [5.74, 6) is -0.896. The molecule has 2 amide bonds. The molecule has 1 aromatic carbocycles. The number of nitro benzene ring substituents is 1. The van der Waals surface area contributed by atoms with E-state index in [0.717, 1.165) is 28.0 Å². The van der Waals surface area contributed by atoms with Crippen molar-refractivity contribution in [1.82, 2.24) is 9.47 Å². The number of esters is 1. The van der Waals surface area contributed by atoms with E-state index in [0.29, 0.717) is 17.0 Å². The average Bonchev–Trinajstić information content (AvgIpc) is 3.17. The molecule has 1 fully saturated rings. The van der Waals surface area contributed by atoms with Gasteiger partial charge in [-0.2, -0.15) is 0 Å². The number of nitro groups is 1. The molecule has 2 aromatic rings. The van der Waals surface area contributed by atoms with Gasteiger partial charge >= 0.3 is 5.97 Å². The third-order valence-corrected chi connectivity index (χ3v) is 5.75. The minimum absolute atomic E-state index is 0.0939. The van der Waals surface area contributed by atoms with Crippen LogP contribution in [0.1, 0.15) is 23.9 Å². The van der Waals surface area contributed by atoms with Crippen LogP contribution >= 0.6 is 11.8 Å². The molecule has 0 aliphatic carbocycles. The van der Waals surface area contributed by atoms with Gasteiger partial charge in [0.1, 0.15) is 12.3 Å². The Bertz CT molecular complexity index is 1150. The molecule has 1 aromatic heterocycles. The first-order valence-electron chi connectivity index (χ1n) is 9.60. The second-order valence-corrected chi connectivity index (χ2v) is 7.84. The first-order chi connectivity index (χ1) is 15.2. The molecule has 0 bridgehead atoms. The highest BCUT2D eigenvalue weighted by molar-refractivity contribution is 8.18. The maximum Gasteiger partial charge on any atom is 0.326 e. The van der Waals surface area contributed by atoms with Crippen LogP contribution in [-0.2, 0) is 14.3 Å². The Hall–Kier alpha value is -3.60. The summed E-state index contributed by atoms with van der Waals surface area (Å²) in [4.78, 5) is 48.2. The van der Waals surface area contributed by atoms with Gasteiger partial charge in [-0.15, -0.1) is 0 Å². The molecule has 3 rings (SSSR count). The Morgan fingerprint density at radius 2 is 1.97 bits per heavy atom. The van der Waals surface area contributed by atoms with E-state index in [-0.39, 0.29) is 17.2 Å². The van der Waals surface area contributed by atoms with Crippen molar-refractivity contribution < 1.29 is 28.8 Å². The van der Waals surface area contributed by atoms with Crippen molar-refractivity contribution in [1.29, 1.82) is 0 Å². The summed E-state index contributed by atoms with van der Waals surface area (Å²) in [5.41, 5.74) is 2.73. The smallest absolute Gasteiger partial charge is 0.326 e. The number of methoxy groups -OCH3 is 1. The SMILES string of the molecule is CCOC(=O)CN1C(=O)S/C(=C/c2cc(C)n(-c3ccc([N+](=O)[O-])cc3OC)c2C)C1=O. The van der Waals surface area contributed by atoms with Crippen molar-refractivity contribution in [3.63, 3.8) is 0 Å². The molecule has 168 valence electrons. The predicted octanol–water partition coefficient (Wildman–Crippen LogP) is 3.61. The molecular weight excluding hydrogens is 438 g/mol. The lowest BCUT2D eigenvalue weighted by atomic mass is 10.2. The molecule has 0 radical (unpaired) electrons. The van der Waals surface area contributed by atoms with Gasteiger partial charge in [0.25, 0.3) is 16.8 Å². The highest BCUT2D eigenvalue weighted by Gasteiger charge is 2.36. The van der Waals surface area contributed by atoms with Crippen LogP contribution < -0.4 is 4.74 Å². The van der Waals surface area contributed by atoms with E-state index in [9.17, 15) is 24.5 Å². The third kappa shape index (κ3) is 4.37. The van der Waals surface area contributed by atoms with Gasteiger partial charge in [-0.25, -0.2) is 0 Å². The van der Waals surface area contributed by atoms with Gasteiger partial charge < -0.3 is 14.0 Å². The number of ether oxygens (including phenoxy) is 2. The molecule has 32 heavy (non-hydrogen) atoms. The Balaban J connectivity index is 1.96. The number of thioether (sulfide) groups is 1. The van der Waals surface area contributed by atoms with Crippen molar-refractivity contribution in [2.24, 2.45) is 0 Å². The molecule has 1 aliphatic heterocycles. The van der Waals surface area contributed by atoms with Crippen molar-refractivity contribution in [3.05, 3.63) is 56.2 Å². The molecule has 2 heterocycles. The minimum atomic E-state index is -0.653. The lowest BCUT2D eigenvalue weighted by Crippen LogP contribution is -2.34. The van der Waals surface area contributed by atoms with Crippen LogP contribution in [0.4, 0.5) is 10.5 Å². The number of hydrogen-bond acceptors (Lipinski definition) is 8. The molecule has 0 spiro atoms. The van der Waals surface area contributed by atoms with Gasteiger partial charge in [-0.3, -0.25) is 29.4 Å². The zero-order chi connectivity index (χ0) is 23.6. The Kier molecular flexibility index (Phi) is 6.68. The number of non-ortho nitro benzene ring substituents is 1. The maximum atomic E-state index is 12.7. The predicted molar refractivity (Wildman–Crippen MR) is 118 cm³/mol. The summed E-state index contributed by atoms with van der Waals surface area (Å²) in [6.45, 7) is 5.03. The van der Waals surface area contributed by atoms with Crippen LogP contribution in [0.2, 0.25) is 0 Å². The van der Waals surface area contributed by atoms with E-state index in [1.807, 2.05) is 24.5 Å². The molecule has 0 saturated carbocycles. The van der Waals surface area contributed by atoms with E-state index in [4.69, 9.17) is 9.47 Å². The molecule has 0 unspecified atom stereocenters. The summed E-state index contributed by atoms with van der Waals surface area (Å²) in [6.07, 6.45) is 1.59. The van der Waals surface area contributed by atoms with Crippen LogP contribution in [0.25, 0.3) is 11.8 Å². The lowest BCUT2D eigenvalue weighted by molar-refractivity contribution is -0.384. The topological polar surface area (TPSA) is 121 Å². The van der Waals surface area contributed by atoms with Gasteiger partial charge in [0.05, 0.1) is 35.3 Å². The summed E-state index contributed by atoms with van der Waals surface area (Å²) < 4.78 is 12.0. The number of imide groups is 1. The quantitative estimate of drug-likeness (QED) is 0.266. The van der Waals surface area contributed by atoms with Crippen molar-refractivity contribution in [2.75, 3.05) is 20.3 Å². The first kappa shape index (κ1) is 23.1. The Labute approximate surface area is 187 Å².